The van der Waals surface area contributed by atoms with Gasteiger partial charge < -0.3 is 9.57 Å². The average Bonchev–Trinajstić information content (AvgIpc) is 2.58. The minimum atomic E-state index is -0.688. The van der Waals surface area contributed by atoms with Gasteiger partial charge in [-0.1, -0.05) is 41.6 Å². The van der Waals surface area contributed by atoms with Crippen molar-refractivity contribution in [1.82, 2.24) is 0 Å². The Kier molecular flexibility index (Phi) is 8.61. The maximum atomic E-state index is 12.1. The van der Waals surface area contributed by atoms with E-state index in [1.54, 1.807) is 26.8 Å². The van der Waals surface area contributed by atoms with E-state index in [0.29, 0.717) is 19.3 Å². The molecule has 5 heteroatoms. The lowest BCUT2D eigenvalue weighted by Crippen LogP contribution is -2.24. The second-order valence-electron chi connectivity index (χ2n) is 6.72. The molecule has 0 aromatic heterocycles. The summed E-state index contributed by atoms with van der Waals surface area (Å²) in [6, 6.07) is 9.98. The first kappa shape index (κ1) is 20.6. The van der Waals surface area contributed by atoms with Crippen LogP contribution in [-0.2, 0) is 25.6 Å². The van der Waals surface area contributed by atoms with Gasteiger partial charge >= 0.3 is 11.9 Å². The minimum Gasteiger partial charge on any atom is -0.461 e. The second kappa shape index (κ2) is 10.4. The van der Waals surface area contributed by atoms with Crippen molar-refractivity contribution in [3.8, 4) is 0 Å². The van der Waals surface area contributed by atoms with Crippen LogP contribution in [0.4, 0.5) is 0 Å². The number of aryl methyl sites for hydroxylation is 1. The Balaban J connectivity index is 2.52. The lowest BCUT2D eigenvalue weighted by atomic mass is 9.98. The van der Waals surface area contributed by atoms with Gasteiger partial charge in [0.2, 0.25) is 0 Å². The molecule has 0 atom stereocenters. The molecule has 0 aliphatic rings. The fraction of sp³-hybridized carbons (Fsp3) is 0.450. The molecule has 0 saturated heterocycles. The number of nitrogens with zero attached hydrogens (tertiary/aromatic N) is 1. The van der Waals surface area contributed by atoms with E-state index in [1.807, 2.05) is 30.3 Å². The van der Waals surface area contributed by atoms with E-state index in [4.69, 9.17) is 9.57 Å². The van der Waals surface area contributed by atoms with Crippen molar-refractivity contribution in [2.24, 2.45) is 10.6 Å². The summed E-state index contributed by atoms with van der Waals surface area (Å²) in [6.45, 7) is 9.06. The van der Waals surface area contributed by atoms with Crippen molar-refractivity contribution in [2.75, 3.05) is 6.61 Å². The molecular weight excluding hydrogens is 318 g/mol. The predicted octanol–water partition coefficient (Wildman–Crippen LogP) is 4.07. The lowest BCUT2D eigenvalue weighted by molar-refractivity contribution is -0.153. The van der Waals surface area contributed by atoms with E-state index >= 15 is 0 Å². The molecule has 0 fully saturated rings. The van der Waals surface area contributed by atoms with E-state index < -0.39 is 17.4 Å². The van der Waals surface area contributed by atoms with E-state index in [2.05, 4.69) is 11.7 Å². The molecule has 0 spiro atoms. The Morgan fingerprint density at radius 1 is 1.20 bits per heavy atom. The quantitative estimate of drug-likeness (QED) is 0.169. The number of rotatable bonds is 9. The van der Waals surface area contributed by atoms with Crippen LogP contribution in [0.15, 0.2) is 48.1 Å². The van der Waals surface area contributed by atoms with Crippen LogP contribution in [0.3, 0.4) is 0 Å². The van der Waals surface area contributed by atoms with Gasteiger partial charge in [-0.25, -0.2) is 9.59 Å². The van der Waals surface area contributed by atoms with Crippen LogP contribution in [0.25, 0.3) is 0 Å². The van der Waals surface area contributed by atoms with Gasteiger partial charge in [0.05, 0.1) is 12.0 Å². The number of hydrogen-bond acceptors (Lipinski definition) is 5. The number of oxime groups is 1. The molecule has 1 aromatic carbocycles. The van der Waals surface area contributed by atoms with Crippen LogP contribution in [0.1, 0.15) is 45.6 Å². The van der Waals surface area contributed by atoms with Gasteiger partial charge in [-0.05, 0) is 45.6 Å². The largest absolute Gasteiger partial charge is 0.461 e. The molecule has 136 valence electrons. The molecule has 0 N–H and O–H groups in total. The summed E-state index contributed by atoms with van der Waals surface area (Å²) in [5.74, 6) is -1.06. The zero-order chi connectivity index (χ0) is 18.7. The van der Waals surface area contributed by atoms with Crippen LogP contribution in [-0.4, -0.2) is 24.3 Å². The average molecular weight is 345 g/mol. The van der Waals surface area contributed by atoms with Gasteiger partial charge in [-0.2, -0.15) is 0 Å². The van der Waals surface area contributed by atoms with Gasteiger partial charge in [0.15, 0.2) is 5.71 Å². The van der Waals surface area contributed by atoms with Crippen LogP contribution in [0.2, 0.25) is 0 Å². The maximum absolute atomic E-state index is 12.1. The highest BCUT2D eigenvalue weighted by atomic mass is 16.7. The molecule has 1 aromatic rings. The second-order valence-corrected chi connectivity index (χ2v) is 6.72. The summed E-state index contributed by atoms with van der Waals surface area (Å²) in [6.07, 6.45) is 4.08. The Bertz CT molecular complexity index is 600. The van der Waals surface area contributed by atoms with Crippen LogP contribution in [0.5, 0.6) is 0 Å². The molecular formula is C20H27NO4. The standard InChI is InChI=1S/C20H27NO4/c1-5-6-14-17(21-25-19(23)20(2,3)4)18(22)24-15-10-13-16-11-8-7-9-12-16/h5,7-9,11-12H,1,6,10,13-15H2,2-4H3/b21-17+. The van der Waals surface area contributed by atoms with Gasteiger partial charge in [-0.3, -0.25) is 0 Å². The molecule has 0 bridgehead atoms. The van der Waals surface area contributed by atoms with Gasteiger partial charge in [0, 0.05) is 6.42 Å². The molecule has 0 unspecified atom stereocenters. The lowest BCUT2D eigenvalue weighted by Gasteiger charge is -2.13. The van der Waals surface area contributed by atoms with E-state index in [0.717, 1.165) is 6.42 Å². The number of carbonyl (C=O) groups is 2. The van der Waals surface area contributed by atoms with Crippen molar-refractivity contribution in [1.29, 1.82) is 0 Å². The molecule has 0 saturated carbocycles. The minimum absolute atomic E-state index is 0.0946. The number of carbonyl (C=O) groups excluding carboxylic acids is 2. The molecule has 0 heterocycles. The highest BCUT2D eigenvalue weighted by Crippen LogP contribution is 2.15. The Morgan fingerprint density at radius 3 is 2.48 bits per heavy atom. The van der Waals surface area contributed by atoms with Crippen molar-refractivity contribution in [3.05, 3.63) is 48.6 Å². The smallest absolute Gasteiger partial charge is 0.356 e. The Hall–Kier alpha value is -2.43. The normalized spacial score (nSPS) is 11.7. The molecule has 0 amide bonds. The Morgan fingerprint density at radius 2 is 1.88 bits per heavy atom. The summed E-state index contributed by atoms with van der Waals surface area (Å²) < 4.78 is 5.25. The Labute approximate surface area is 149 Å². The maximum Gasteiger partial charge on any atom is 0.356 e. The van der Waals surface area contributed by atoms with E-state index in [9.17, 15) is 9.59 Å². The summed E-state index contributed by atoms with van der Waals surface area (Å²) in [5, 5.41) is 3.71. The third kappa shape index (κ3) is 8.29. The fourth-order valence-electron chi connectivity index (χ4n) is 1.83. The topological polar surface area (TPSA) is 65.0 Å². The van der Waals surface area contributed by atoms with Crippen molar-refractivity contribution < 1.29 is 19.2 Å². The molecule has 0 aliphatic heterocycles. The van der Waals surface area contributed by atoms with Crippen LogP contribution >= 0.6 is 0 Å². The fourth-order valence-corrected chi connectivity index (χ4v) is 1.83. The van der Waals surface area contributed by atoms with Crippen molar-refractivity contribution >= 4 is 17.7 Å². The van der Waals surface area contributed by atoms with Gasteiger partial charge in [0.1, 0.15) is 0 Å². The van der Waals surface area contributed by atoms with Crippen molar-refractivity contribution in [2.45, 2.75) is 46.5 Å². The number of benzene rings is 1. The SMILES string of the molecule is C=CCC/C(=N\OC(=O)C(C)(C)C)C(=O)OCCCc1ccccc1. The summed E-state index contributed by atoms with van der Waals surface area (Å²) in [7, 11) is 0. The number of esters is 1. The monoisotopic (exact) mass is 345 g/mol. The third-order valence-electron chi connectivity index (χ3n) is 3.36. The van der Waals surface area contributed by atoms with Gasteiger partial charge in [-0.15, -0.1) is 6.58 Å². The number of hydrogen-bond donors (Lipinski definition) is 0. The highest BCUT2D eigenvalue weighted by molar-refractivity contribution is 6.36. The summed E-state index contributed by atoms with van der Waals surface area (Å²) in [4.78, 5) is 28.8. The van der Waals surface area contributed by atoms with E-state index in [1.165, 1.54) is 5.56 Å². The number of ether oxygens (including phenoxy) is 1. The first-order chi connectivity index (χ1) is 11.8. The molecule has 5 nitrogen and oxygen atoms in total. The molecule has 1 rings (SSSR count). The molecule has 25 heavy (non-hydrogen) atoms. The first-order valence-corrected chi connectivity index (χ1v) is 8.45. The zero-order valence-corrected chi connectivity index (χ0v) is 15.3. The zero-order valence-electron chi connectivity index (χ0n) is 15.3. The first-order valence-electron chi connectivity index (χ1n) is 8.45. The highest BCUT2D eigenvalue weighted by Gasteiger charge is 2.24. The van der Waals surface area contributed by atoms with E-state index in [-0.39, 0.29) is 12.3 Å². The van der Waals surface area contributed by atoms with Crippen molar-refractivity contribution in [3.63, 3.8) is 0 Å². The van der Waals surface area contributed by atoms with Crippen LogP contribution < -0.4 is 0 Å². The third-order valence-corrected chi connectivity index (χ3v) is 3.36. The predicted molar refractivity (Wildman–Crippen MR) is 98.1 cm³/mol. The number of allylic oxidation sites excluding steroid dienone is 1. The molecule has 0 radical (unpaired) electrons. The summed E-state index contributed by atoms with van der Waals surface area (Å²) >= 11 is 0. The van der Waals surface area contributed by atoms with Gasteiger partial charge in [0.25, 0.3) is 0 Å². The molecule has 0 aliphatic carbocycles. The van der Waals surface area contributed by atoms with Crippen LogP contribution in [0, 0.1) is 5.41 Å². The summed E-state index contributed by atoms with van der Waals surface area (Å²) in [5.41, 5.74) is 0.600.